The van der Waals surface area contributed by atoms with Crippen molar-refractivity contribution in [1.29, 1.82) is 0 Å². The first-order valence-corrected chi connectivity index (χ1v) is 7.76. The summed E-state index contributed by atoms with van der Waals surface area (Å²) in [4.78, 5) is 51.4. The van der Waals surface area contributed by atoms with E-state index < -0.39 is 23.1 Å². The van der Waals surface area contributed by atoms with Gasteiger partial charge in [-0.05, 0) is 38.8 Å². The van der Waals surface area contributed by atoms with Crippen molar-refractivity contribution >= 4 is 11.8 Å². The predicted molar refractivity (Wildman–Crippen MR) is 92.3 cm³/mol. The van der Waals surface area contributed by atoms with E-state index in [4.69, 9.17) is 0 Å². The van der Waals surface area contributed by atoms with Crippen LogP contribution in [0.3, 0.4) is 0 Å². The fraction of sp³-hybridized carbons (Fsp3) is 0.294. The third-order valence-electron chi connectivity index (χ3n) is 3.80. The molecule has 0 aliphatic heterocycles. The van der Waals surface area contributed by atoms with Crippen LogP contribution in [0.5, 0.6) is 0 Å². The zero-order chi connectivity index (χ0) is 18.6. The quantitative estimate of drug-likeness (QED) is 0.599. The Morgan fingerprint density at radius 1 is 1.04 bits per heavy atom. The maximum atomic E-state index is 12.1. The number of hydrazine groups is 1. The van der Waals surface area contributed by atoms with Crippen LogP contribution >= 0.6 is 0 Å². The zero-order valence-corrected chi connectivity index (χ0v) is 14.3. The summed E-state index contributed by atoms with van der Waals surface area (Å²) < 4.78 is 0. The monoisotopic (exact) mass is 344 g/mol. The number of carbonyl (C=O) groups is 2. The summed E-state index contributed by atoms with van der Waals surface area (Å²) in [7, 11) is 0. The number of hydrogen-bond donors (Lipinski definition) is 4. The fourth-order valence-corrected chi connectivity index (χ4v) is 2.49. The average molecular weight is 344 g/mol. The Labute approximate surface area is 143 Å². The Bertz CT molecular complexity index is 927. The summed E-state index contributed by atoms with van der Waals surface area (Å²) in [5.41, 5.74) is 6.63. The van der Waals surface area contributed by atoms with Gasteiger partial charge >= 0.3 is 5.69 Å². The molecule has 8 nitrogen and oxygen atoms in total. The van der Waals surface area contributed by atoms with Gasteiger partial charge in [0, 0.05) is 23.2 Å². The molecule has 0 spiro atoms. The van der Waals surface area contributed by atoms with E-state index in [1.54, 1.807) is 13.0 Å². The number of aryl methyl sites for hydroxylation is 3. The van der Waals surface area contributed by atoms with E-state index in [9.17, 15) is 19.2 Å². The van der Waals surface area contributed by atoms with Gasteiger partial charge in [0.2, 0.25) is 5.91 Å². The van der Waals surface area contributed by atoms with E-state index in [0.29, 0.717) is 16.8 Å². The minimum atomic E-state index is -0.587. The number of benzene rings is 1. The van der Waals surface area contributed by atoms with Gasteiger partial charge in [-0.3, -0.25) is 30.2 Å². The molecule has 0 bridgehead atoms. The number of hydrogen-bond acceptors (Lipinski definition) is 4. The van der Waals surface area contributed by atoms with Crippen molar-refractivity contribution < 1.29 is 9.59 Å². The molecule has 0 aliphatic carbocycles. The van der Waals surface area contributed by atoms with Gasteiger partial charge in [-0.2, -0.15) is 0 Å². The lowest BCUT2D eigenvalue weighted by Crippen LogP contribution is -2.42. The lowest BCUT2D eigenvalue weighted by atomic mass is 10.1. The van der Waals surface area contributed by atoms with Crippen LogP contribution in [0.2, 0.25) is 0 Å². The van der Waals surface area contributed by atoms with Crippen LogP contribution in [-0.4, -0.2) is 21.8 Å². The van der Waals surface area contributed by atoms with Crippen molar-refractivity contribution in [3.63, 3.8) is 0 Å². The van der Waals surface area contributed by atoms with Crippen LogP contribution in [0, 0.1) is 20.8 Å². The molecule has 2 rings (SSSR count). The van der Waals surface area contributed by atoms with Crippen molar-refractivity contribution in [2.75, 3.05) is 0 Å². The Kier molecular flexibility index (Phi) is 5.53. The number of H-pyrrole nitrogens is 2. The number of aromatic nitrogens is 2. The number of rotatable bonds is 4. The van der Waals surface area contributed by atoms with E-state index >= 15 is 0 Å². The van der Waals surface area contributed by atoms with Gasteiger partial charge in [-0.1, -0.05) is 17.7 Å². The van der Waals surface area contributed by atoms with Crippen LogP contribution in [0.15, 0.2) is 27.8 Å². The van der Waals surface area contributed by atoms with Gasteiger partial charge in [-0.25, -0.2) is 4.79 Å². The van der Waals surface area contributed by atoms with Gasteiger partial charge in [0.25, 0.3) is 11.5 Å². The lowest BCUT2D eigenvalue weighted by molar-refractivity contribution is -0.121. The third-order valence-corrected chi connectivity index (χ3v) is 3.80. The summed E-state index contributed by atoms with van der Waals surface area (Å²) in [6.07, 6.45) is 0.131. The van der Waals surface area contributed by atoms with Crippen LogP contribution in [0.4, 0.5) is 0 Å². The minimum absolute atomic E-state index is 0.0108. The molecule has 0 atom stereocenters. The second-order valence-corrected chi connectivity index (χ2v) is 5.83. The largest absolute Gasteiger partial charge is 0.325 e. The number of carbonyl (C=O) groups excluding carboxylic acids is 2. The van der Waals surface area contributed by atoms with Crippen molar-refractivity contribution in [3.05, 3.63) is 67.0 Å². The van der Waals surface area contributed by atoms with Crippen molar-refractivity contribution in [3.8, 4) is 0 Å². The summed E-state index contributed by atoms with van der Waals surface area (Å²) in [5.74, 6) is -0.855. The highest BCUT2D eigenvalue weighted by Gasteiger charge is 2.12. The first-order valence-electron chi connectivity index (χ1n) is 7.76. The summed E-state index contributed by atoms with van der Waals surface area (Å²) in [6, 6.07) is 5.38. The van der Waals surface area contributed by atoms with E-state index in [1.807, 2.05) is 26.0 Å². The lowest BCUT2D eigenvalue weighted by Gasteiger charge is -2.10. The fourth-order valence-electron chi connectivity index (χ4n) is 2.49. The van der Waals surface area contributed by atoms with E-state index in [1.165, 1.54) is 0 Å². The van der Waals surface area contributed by atoms with Gasteiger partial charge in [0.1, 0.15) is 0 Å². The molecule has 2 aromatic rings. The molecule has 0 fully saturated rings. The molecule has 0 radical (unpaired) electrons. The predicted octanol–water partition coefficient (Wildman–Crippen LogP) is 0.382. The highest BCUT2D eigenvalue weighted by Crippen LogP contribution is 2.09. The average Bonchev–Trinajstić information content (AvgIpc) is 2.51. The summed E-state index contributed by atoms with van der Waals surface area (Å²) in [6.45, 7) is 5.33. The molecule has 1 aromatic heterocycles. The maximum Gasteiger partial charge on any atom is 0.325 e. The molecule has 132 valence electrons. The van der Waals surface area contributed by atoms with Gasteiger partial charge < -0.3 is 4.98 Å². The second-order valence-electron chi connectivity index (χ2n) is 5.83. The molecule has 8 heteroatoms. The molecule has 0 aliphatic rings. The van der Waals surface area contributed by atoms with Gasteiger partial charge in [0.05, 0.1) is 0 Å². The number of amides is 2. The molecule has 0 saturated carbocycles. The van der Waals surface area contributed by atoms with Crippen molar-refractivity contribution in [1.82, 2.24) is 20.8 Å². The molecule has 25 heavy (non-hydrogen) atoms. The molecule has 2 amide bonds. The van der Waals surface area contributed by atoms with Crippen molar-refractivity contribution in [2.24, 2.45) is 0 Å². The molecule has 0 saturated heterocycles. The Hall–Kier alpha value is -3.16. The smallest absolute Gasteiger partial charge is 0.311 e. The number of aromatic amines is 2. The first-order chi connectivity index (χ1) is 11.8. The van der Waals surface area contributed by atoms with E-state index in [0.717, 1.165) is 11.1 Å². The van der Waals surface area contributed by atoms with Crippen LogP contribution in [0.1, 0.15) is 39.2 Å². The number of nitrogens with one attached hydrogen (secondary N) is 4. The minimum Gasteiger partial charge on any atom is -0.311 e. The molecule has 1 heterocycles. The van der Waals surface area contributed by atoms with Crippen LogP contribution in [0.25, 0.3) is 0 Å². The molecular formula is C17H20N4O4. The van der Waals surface area contributed by atoms with Gasteiger partial charge in [0.15, 0.2) is 0 Å². The Morgan fingerprint density at radius 3 is 2.40 bits per heavy atom. The maximum absolute atomic E-state index is 12.1. The standard InChI is InChI=1S/C17H20N4O4/c1-9-4-5-12(10(2)8-9)16(24)21-20-14(22)7-6-13-11(3)18-17(25)19-15(13)23/h4-5,8H,6-7H2,1-3H3,(H,20,22)(H,21,24)(H2,18,19,23,25). The highest BCUT2D eigenvalue weighted by molar-refractivity contribution is 5.96. The normalized spacial score (nSPS) is 10.4. The van der Waals surface area contributed by atoms with Gasteiger partial charge in [-0.15, -0.1) is 0 Å². The molecule has 1 aromatic carbocycles. The Balaban J connectivity index is 1.92. The third kappa shape index (κ3) is 4.66. The molecule has 0 unspecified atom stereocenters. The SMILES string of the molecule is Cc1ccc(C(=O)NNC(=O)CCc2c(C)[nH]c(=O)[nH]c2=O)c(C)c1. The van der Waals surface area contributed by atoms with E-state index in [2.05, 4.69) is 20.8 Å². The van der Waals surface area contributed by atoms with Crippen molar-refractivity contribution in [2.45, 2.75) is 33.6 Å². The zero-order valence-electron chi connectivity index (χ0n) is 14.3. The van der Waals surface area contributed by atoms with E-state index in [-0.39, 0.29) is 12.8 Å². The van der Waals surface area contributed by atoms with Crippen LogP contribution in [-0.2, 0) is 11.2 Å². The molecule has 4 N–H and O–H groups in total. The van der Waals surface area contributed by atoms with Crippen LogP contribution < -0.4 is 22.1 Å². The second kappa shape index (κ2) is 7.61. The summed E-state index contributed by atoms with van der Waals surface area (Å²) in [5, 5.41) is 0. The summed E-state index contributed by atoms with van der Waals surface area (Å²) >= 11 is 0. The highest BCUT2D eigenvalue weighted by atomic mass is 16.2. The topological polar surface area (TPSA) is 124 Å². The Morgan fingerprint density at radius 2 is 1.76 bits per heavy atom. The first kappa shape index (κ1) is 18.2. The molecular weight excluding hydrogens is 324 g/mol.